The summed E-state index contributed by atoms with van der Waals surface area (Å²) in [6.45, 7) is 5.62. The lowest BCUT2D eigenvalue weighted by atomic mass is 10.1. The third kappa shape index (κ3) is 2.34. The second-order valence-corrected chi connectivity index (χ2v) is 7.44. The van der Waals surface area contributed by atoms with Crippen molar-refractivity contribution in [2.45, 2.75) is 38.9 Å². The molecule has 2 amide bonds. The maximum atomic E-state index is 13.0. The first-order valence-corrected chi connectivity index (χ1v) is 9.13. The highest BCUT2D eigenvalue weighted by Gasteiger charge is 2.45. The van der Waals surface area contributed by atoms with Crippen molar-refractivity contribution >= 4 is 23.2 Å². The Bertz CT molecular complexity index is 796. The molecule has 2 aromatic rings. The lowest BCUT2D eigenvalue weighted by Gasteiger charge is -2.37. The number of thiazole rings is 1. The second kappa shape index (κ2) is 5.73. The van der Waals surface area contributed by atoms with Crippen LogP contribution in [0.3, 0.4) is 0 Å². The van der Waals surface area contributed by atoms with Crippen molar-refractivity contribution in [3.05, 3.63) is 40.1 Å². The number of aryl methyl sites for hydroxylation is 1. The van der Waals surface area contributed by atoms with Crippen LogP contribution < -0.4 is 0 Å². The highest BCUT2D eigenvalue weighted by molar-refractivity contribution is 7.09. The molecule has 0 spiro atoms. The number of carbonyl (C=O) groups excluding carboxylic acids is 2. The minimum Gasteiger partial charge on any atom is -0.338 e. The molecule has 24 heavy (non-hydrogen) atoms. The van der Waals surface area contributed by atoms with Gasteiger partial charge in [0.1, 0.15) is 5.69 Å². The largest absolute Gasteiger partial charge is 0.338 e. The Labute approximate surface area is 144 Å². The van der Waals surface area contributed by atoms with Crippen LogP contribution in [-0.2, 0) is 11.3 Å². The Hall–Kier alpha value is -2.15. The monoisotopic (exact) mass is 344 g/mol. The van der Waals surface area contributed by atoms with Crippen LogP contribution in [0.1, 0.15) is 40.6 Å². The van der Waals surface area contributed by atoms with Crippen molar-refractivity contribution in [1.82, 2.24) is 19.4 Å². The van der Waals surface area contributed by atoms with Gasteiger partial charge in [0.15, 0.2) is 0 Å². The van der Waals surface area contributed by atoms with Crippen molar-refractivity contribution in [2.75, 3.05) is 13.1 Å². The predicted octanol–water partition coefficient (Wildman–Crippen LogP) is 2.07. The Morgan fingerprint density at radius 3 is 2.88 bits per heavy atom. The summed E-state index contributed by atoms with van der Waals surface area (Å²) in [5.41, 5.74) is 1.62. The number of nitrogens with zero attached hydrogens (tertiary/aromatic N) is 4. The molecule has 1 saturated heterocycles. The molecule has 0 aliphatic carbocycles. The molecule has 0 bridgehead atoms. The van der Waals surface area contributed by atoms with Gasteiger partial charge in [-0.05, 0) is 19.1 Å². The van der Waals surface area contributed by atoms with Gasteiger partial charge in [0, 0.05) is 31.1 Å². The molecule has 0 aromatic carbocycles. The van der Waals surface area contributed by atoms with Gasteiger partial charge in [-0.15, -0.1) is 11.3 Å². The maximum Gasteiger partial charge on any atom is 0.271 e. The maximum absolute atomic E-state index is 13.0. The van der Waals surface area contributed by atoms with Gasteiger partial charge >= 0.3 is 0 Å². The molecule has 126 valence electrons. The van der Waals surface area contributed by atoms with E-state index in [1.165, 1.54) is 0 Å². The molecule has 0 radical (unpaired) electrons. The molecular weight excluding hydrogens is 324 g/mol. The second-order valence-electron chi connectivity index (χ2n) is 6.38. The average molecular weight is 344 g/mol. The summed E-state index contributed by atoms with van der Waals surface area (Å²) >= 11 is 1.60. The zero-order chi connectivity index (χ0) is 16.8. The average Bonchev–Trinajstić information content (AvgIpc) is 3.29. The summed E-state index contributed by atoms with van der Waals surface area (Å²) in [7, 11) is 0. The van der Waals surface area contributed by atoms with E-state index >= 15 is 0 Å². The van der Waals surface area contributed by atoms with Crippen molar-refractivity contribution in [3.8, 4) is 0 Å². The van der Waals surface area contributed by atoms with Gasteiger partial charge in [0.05, 0.1) is 29.3 Å². The molecule has 2 atom stereocenters. The summed E-state index contributed by atoms with van der Waals surface area (Å²) in [6.07, 6.45) is 2.45. The summed E-state index contributed by atoms with van der Waals surface area (Å²) < 4.78 is 2.04. The van der Waals surface area contributed by atoms with E-state index in [1.807, 2.05) is 51.9 Å². The molecule has 0 N–H and O–H groups in total. The fraction of sp³-hybridized carbons (Fsp3) is 0.471. The zero-order valence-corrected chi connectivity index (χ0v) is 14.6. The Morgan fingerprint density at radius 2 is 2.17 bits per heavy atom. The molecule has 6 nitrogen and oxygen atoms in total. The summed E-state index contributed by atoms with van der Waals surface area (Å²) in [5.74, 6) is 0.174. The molecule has 2 aliphatic heterocycles. The van der Waals surface area contributed by atoms with Gasteiger partial charge in [-0.3, -0.25) is 9.59 Å². The van der Waals surface area contributed by atoms with Gasteiger partial charge in [-0.2, -0.15) is 0 Å². The van der Waals surface area contributed by atoms with Gasteiger partial charge in [-0.1, -0.05) is 6.92 Å². The lowest BCUT2D eigenvalue weighted by molar-refractivity contribution is -0.130. The predicted molar refractivity (Wildman–Crippen MR) is 90.9 cm³/mol. The van der Waals surface area contributed by atoms with Gasteiger partial charge in [0.25, 0.3) is 5.91 Å². The molecule has 2 unspecified atom stereocenters. The van der Waals surface area contributed by atoms with Crippen LogP contribution in [0.25, 0.3) is 0 Å². The van der Waals surface area contributed by atoms with E-state index in [0.29, 0.717) is 31.7 Å². The molecule has 2 aromatic heterocycles. The quantitative estimate of drug-likeness (QED) is 0.856. The molecule has 4 rings (SSSR count). The number of fused-ring (bicyclic) bond motifs is 3. The van der Waals surface area contributed by atoms with E-state index in [0.717, 1.165) is 10.7 Å². The number of carbonyl (C=O) groups is 2. The van der Waals surface area contributed by atoms with Crippen LogP contribution in [0.4, 0.5) is 0 Å². The number of hydrogen-bond donors (Lipinski definition) is 0. The molecular formula is C17H20N4O2S. The molecule has 1 fully saturated rings. The number of hydrogen-bond acceptors (Lipinski definition) is 4. The smallest absolute Gasteiger partial charge is 0.271 e. The van der Waals surface area contributed by atoms with E-state index in [2.05, 4.69) is 4.98 Å². The van der Waals surface area contributed by atoms with Crippen molar-refractivity contribution in [3.63, 3.8) is 0 Å². The fourth-order valence-corrected chi connectivity index (χ4v) is 4.39. The van der Waals surface area contributed by atoms with Crippen molar-refractivity contribution in [1.29, 1.82) is 0 Å². The first-order chi connectivity index (χ1) is 11.6. The molecule has 4 heterocycles. The number of rotatable bonds is 3. The topological polar surface area (TPSA) is 58.4 Å². The SMILES string of the molecule is CCC(=O)N1CC2C(C1)n1cccc1C(=O)N2Cc1csc(C)n1. The van der Waals surface area contributed by atoms with Gasteiger partial charge < -0.3 is 14.4 Å². The first kappa shape index (κ1) is 15.4. The van der Waals surface area contributed by atoms with Crippen LogP contribution in [0.5, 0.6) is 0 Å². The summed E-state index contributed by atoms with van der Waals surface area (Å²) in [4.78, 5) is 33.4. The number of likely N-dealkylation sites (tertiary alicyclic amines) is 1. The minimum absolute atomic E-state index is 0.00917. The first-order valence-electron chi connectivity index (χ1n) is 8.25. The van der Waals surface area contributed by atoms with Crippen molar-refractivity contribution < 1.29 is 9.59 Å². The van der Waals surface area contributed by atoms with E-state index in [9.17, 15) is 9.59 Å². The van der Waals surface area contributed by atoms with Crippen LogP contribution in [0, 0.1) is 6.92 Å². The highest BCUT2D eigenvalue weighted by Crippen LogP contribution is 2.34. The minimum atomic E-state index is 0.00917. The Kier molecular flexibility index (Phi) is 3.68. The van der Waals surface area contributed by atoms with E-state index in [1.54, 1.807) is 11.3 Å². The number of amides is 2. The Morgan fingerprint density at radius 1 is 1.38 bits per heavy atom. The highest BCUT2D eigenvalue weighted by atomic mass is 32.1. The number of aromatic nitrogens is 2. The van der Waals surface area contributed by atoms with Gasteiger partial charge in [-0.25, -0.2) is 4.98 Å². The lowest BCUT2D eigenvalue weighted by Crippen LogP contribution is -2.49. The van der Waals surface area contributed by atoms with Crippen LogP contribution in [0.15, 0.2) is 23.7 Å². The Balaban J connectivity index is 1.68. The third-order valence-electron chi connectivity index (χ3n) is 4.93. The molecule has 2 aliphatic rings. The third-order valence-corrected chi connectivity index (χ3v) is 5.75. The van der Waals surface area contributed by atoms with Gasteiger partial charge in [0.2, 0.25) is 5.91 Å². The molecule has 0 saturated carbocycles. The zero-order valence-electron chi connectivity index (χ0n) is 13.8. The fourth-order valence-electron chi connectivity index (χ4n) is 3.78. The van der Waals surface area contributed by atoms with Crippen LogP contribution in [0.2, 0.25) is 0 Å². The van der Waals surface area contributed by atoms with E-state index in [-0.39, 0.29) is 23.9 Å². The van der Waals surface area contributed by atoms with Crippen LogP contribution in [-0.4, -0.2) is 50.3 Å². The standard InChI is InChI=1S/C17H20N4O2S/c1-3-16(22)19-8-14-15(9-19)21(7-12-10-24-11(2)18-12)17(23)13-5-4-6-20(13)14/h4-6,10,14-15H,3,7-9H2,1-2H3. The normalized spacial score (nSPS) is 22.7. The van der Waals surface area contributed by atoms with Crippen LogP contribution >= 0.6 is 11.3 Å². The van der Waals surface area contributed by atoms with E-state index < -0.39 is 0 Å². The summed E-state index contributed by atoms with van der Waals surface area (Å²) in [5, 5.41) is 3.01. The summed E-state index contributed by atoms with van der Waals surface area (Å²) in [6, 6.07) is 3.91. The molecule has 7 heteroatoms. The van der Waals surface area contributed by atoms with Crippen molar-refractivity contribution in [2.24, 2.45) is 0 Å². The van der Waals surface area contributed by atoms with E-state index in [4.69, 9.17) is 0 Å².